The summed E-state index contributed by atoms with van der Waals surface area (Å²) in [5, 5.41) is 0.668. The Balaban J connectivity index is 2.31. The highest BCUT2D eigenvalue weighted by molar-refractivity contribution is 6.30. The van der Waals surface area contributed by atoms with Crippen molar-refractivity contribution in [2.45, 2.75) is 19.4 Å². The van der Waals surface area contributed by atoms with Gasteiger partial charge in [-0.25, -0.2) is 4.79 Å². The van der Waals surface area contributed by atoms with Crippen LogP contribution in [0.5, 0.6) is 0 Å². The minimum Gasteiger partial charge on any atom is -0.420 e. The lowest BCUT2D eigenvalue weighted by Gasteiger charge is -2.13. The molecular weight excluding hydrogens is 228 g/mol. The van der Waals surface area contributed by atoms with Crippen LogP contribution in [0.15, 0.2) is 30.0 Å². The molecule has 0 radical (unpaired) electrons. The van der Waals surface area contributed by atoms with Crippen LogP contribution >= 0.6 is 11.6 Å². The van der Waals surface area contributed by atoms with Gasteiger partial charge in [-0.15, -0.1) is 0 Å². The molecule has 1 heterocycles. The summed E-state index contributed by atoms with van der Waals surface area (Å²) in [7, 11) is 0. The zero-order valence-electron chi connectivity index (χ0n) is 8.99. The molecule has 0 aliphatic carbocycles. The topological polar surface area (TPSA) is 35.5 Å². The van der Waals surface area contributed by atoms with E-state index in [2.05, 4.69) is 0 Å². The molecule has 0 saturated carbocycles. The third kappa shape index (κ3) is 2.19. The maximum atomic E-state index is 11.0. The normalized spacial score (nSPS) is 20.7. The number of cyclic esters (lactones) is 2. The van der Waals surface area contributed by atoms with Crippen LogP contribution < -0.4 is 0 Å². The lowest BCUT2D eigenvalue weighted by atomic mass is 10.0. The Hall–Kier alpha value is -1.48. The Labute approximate surface area is 98.6 Å². The van der Waals surface area contributed by atoms with Crippen LogP contribution in [-0.4, -0.2) is 11.8 Å². The van der Waals surface area contributed by atoms with Crippen molar-refractivity contribution >= 4 is 23.8 Å². The van der Waals surface area contributed by atoms with Crippen molar-refractivity contribution in [2.75, 3.05) is 0 Å². The largest absolute Gasteiger partial charge is 0.514 e. The van der Waals surface area contributed by atoms with Gasteiger partial charge in [-0.3, -0.25) is 0 Å². The minimum absolute atomic E-state index is 0.500. The van der Waals surface area contributed by atoms with Crippen molar-refractivity contribution in [3.63, 3.8) is 0 Å². The summed E-state index contributed by atoms with van der Waals surface area (Å²) in [5.74, 6) is 0.500. The molecule has 1 saturated heterocycles. The van der Waals surface area contributed by atoms with E-state index >= 15 is 0 Å². The zero-order valence-corrected chi connectivity index (χ0v) is 9.75. The van der Waals surface area contributed by atoms with Crippen molar-refractivity contribution in [1.29, 1.82) is 0 Å². The van der Waals surface area contributed by atoms with Gasteiger partial charge < -0.3 is 9.47 Å². The Morgan fingerprint density at radius 3 is 2.38 bits per heavy atom. The molecule has 0 amide bonds. The van der Waals surface area contributed by atoms with E-state index in [0.29, 0.717) is 10.8 Å². The van der Waals surface area contributed by atoms with Gasteiger partial charge in [0.1, 0.15) is 0 Å². The molecule has 1 fully saturated rings. The monoisotopic (exact) mass is 238 g/mol. The third-order valence-electron chi connectivity index (χ3n) is 2.29. The Kier molecular flexibility index (Phi) is 2.64. The van der Waals surface area contributed by atoms with Gasteiger partial charge in [0.15, 0.2) is 11.4 Å². The fraction of sp³-hybridized carbons (Fsp3) is 0.250. The number of carbonyl (C=O) groups excluding carboxylic acids is 1. The van der Waals surface area contributed by atoms with Gasteiger partial charge >= 0.3 is 6.16 Å². The molecule has 84 valence electrons. The second kappa shape index (κ2) is 3.83. The average Bonchev–Trinajstić information content (AvgIpc) is 2.43. The first-order valence-electron chi connectivity index (χ1n) is 4.86. The summed E-state index contributed by atoms with van der Waals surface area (Å²) >= 11 is 5.78. The fourth-order valence-corrected chi connectivity index (χ4v) is 1.53. The second-order valence-corrected chi connectivity index (χ2v) is 4.46. The van der Waals surface area contributed by atoms with Crippen LogP contribution in [0.4, 0.5) is 4.79 Å². The third-order valence-corrected chi connectivity index (χ3v) is 2.54. The maximum absolute atomic E-state index is 11.0. The van der Waals surface area contributed by atoms with E-state index in [9.17, 15) is 4.79 Å². The van der Waals surface area contributed by atoms with Crippen molar-refractivity contribution in [3.05, 3.63) is 40.6 Å². The molecule has 1 aromatic rings. The van der Waals surface area contributed by atoms with Gasteiger partial charge in [0, 0.05) is 5.02 Å². The van der Waals surface area contributed by atoms with E-state index in [4.69, 9.17) is 21.1 Å². The smallest absolute Gasteiger partial charge is 0.420 e. The standard InChI is InChI=1S/C12H11ClO3/c1-12(2)10(15-11(14)16-12)7-8-3-5-9(13)6-4-8/h3-7H,1-2H3/b10-7+. The fourth-order valence-electron chi connectivity index (χ4n) is 1.41. The highest BCUT2D eigenvalue weighted by atomic mass is 35.5. The number of halogens is 1. The molecule has 3 nitrogen and oxygen atoms in total. The summed E-state index contributed by atoms with van der Waals surface area (Å²) in [6.45, 7) is 3.55. The number of hydrogen-bond donors (Lipinski definition) is 0. The van der Waals surface area contributed by atoms with E-state index in [1.54, 1.807) is 32.1 Å². The van der Waals surface area contributed by atoms with Crippen LogP contribution in [0.25, 0.3) is 6.08 Å². The van der Waals surface area contributed by atoms with Crippen molar-refractivity contribution in [3.8, 4) is 0 Å². The van der Waals surface area contributed by atoms with Crippen LogP contribution in [0.2, 0.25) is 5.02 Å². The minimum atomic E-state index is -0.712. The van der Waals surface area contributed by atoms with Crippen molar-refractivity contribution < 1.29 is 14.3 Å². The average molecular weight is 239 g/mol. The van der Waals surface area contributed by atoms with E-state index < -0.39 is 11.8 Å². The predicted octanol–water partition coefficient (Wildman–Crippen LogP) is 3.63. The van der Waals surface area contributed by atoms with Gasteiger partial charge in [0.2, 0.25) is 0 Å². The first-order valence-corrected chi connectivity index (χ1v) is 5.24. The van der Waals surface area contributed by atoms with Gasteiger partial charge in [0.25, 0.3) is 0 Å². The molecule has 0 N–H and O–H groups in total. The Morgan fingerprint density at radius 2 is 1.88 bits per heavy atom. The highest BCUT2D eigenvalue weighted by Crippen LogP contribution is 2.31. The maximum Gasteiger partial charge on any atom is 0.514 e. The molecular formula is C12H11ClO3. The van der Waals surface area contributed by atoms with Gasteiger partial charge in [-0.1, -0.05) is 23.7 Å². The summed E-state index contributed by atoms with van der Waals surface area (Å²) in [5.41, 5.74) is 0.197. The molecule has 16 heavy (non-hydrogen) atoms. The molecule has 0 unspecified atom stereocenters. The first-order chi connectivity index (χ1) is 7.47. The Bertz CT molecular complexity index is 446. The number of carbonyl (C=O) groups is 1. The summed E-state index contributed by atoms with van der Waals surface area (Å²) in [6, 6.07) is 7.24. The SMILES string of the molecule is CC1(C)OC(=O)O/C1=C/c1ccc(Cl)cc1. The van der Waals surface area contributed by atoms with E-state index in [0.717, 1.165) is 5.56 Å². The molecule has 0 atom stereocenters. The lowest BCUT2D eigenvalue weighted by molar-refractivity contribution is 0.0873. The molecule has 0 spiro atoms. The number of rotatable bonds is 1. The number of hydrogen-bond acceptors (Lipinski definition) is 3. The van der Waals surface area contributed by atoms with E-state index in [1.165, 1.54) is 0 Å². The Morgan fingerprint density at radius 1 is 1.25 bits per heavy atom. The number of ether oxygens (including phenoxy) is 2. The molecule has 0 bridgehead atoms. The molecule has 1 aromatic carbocycles. The molecule has 1 aliphatic rings. The predicted molar refractivity (Wildman–Crippen MR) is 61.1 cm³/mol. The zero-order chi connectivity index (χ0) is 11.8. The molecule has 0 aromatic heterocycles. The molecule has 1 aliphatic heterocycles. The van der Waals surface area contributed by atoms with Crippen LogP contribution in [-0.2, 0) is 9.47 Å². The van der Waals surface area contributed by atoms with E-state index in [1.807, 2.05) is 12.1 Å². The number of benzene rings is 1. The van der Waals surface area contributed by atoms with Crippen molar-refractivity contribution in [2.24, 2.45) is 0 Å². The summed E-state index contributed by atoms with van der Waals surface area (Å²) in [4.78, 5) is 11.0. The van der Waals surface area contributed by atoms with Crippen LogP contribution in [0.1, 0.15) is 19.4 Å². The quantitative estimate of drug-likeness (QED) is 0.701. The van der Waals surface area contributed by atoms with Crippen LogP contribution in [0.3, 0.4) is 0 Å². The summed E-state index contributed by atoms with van der Waals surface area (Å²) in [6.07, 6.45) is 1.10. The van der Waals surface area contributed by atoms with Crippen molar-refractivity contribution in [1.82, 2.24) is 0 Å². The summed E-state index contributed by atoms with van der Waals surface area (Å²) < 4.78 is 9.98. The highest BCUT2D eigenvalue weighted by Gasteiger charge is 2.38. The van der Waals surface area contributed by atoms with Crippen LogP contribution in [0, 0.1) is 0 Å². The molecule has 2 rings (SSSR count). The van der Waals surface area contributed by atoms with Gasteiger partial charge in [0.05, 0.1) is 0 Å². The van der Waals surface area contributed by atoms with Gasteiger partial charge in [-0.05, 0) is 37.6 Å². The lowest BCUT2D eigenvalue weighted by Crippen LogP contribution is -2.20. The molecule has 4 heteroatoms. The first kappa shape index (κ1) is 11.0. The second-order valence-electron chi connectivity index (χ2n) is 4.02. The van der Waals surface area contributed by atoms with Gasteiger partial charge in [-0.2, -0.15) is 0 Å². The van der Waals surface area contributed by atoms with E-state index in [-0.39, 0.29) is 0 Å².